The molecule has 0 aliphatic rings. The molecule has 0 fully saturated rings. The maximum absolute atomic E-state index is 13.3. The van der Waals surface area contributed by atoms with Crippen molar-refractivity contribution in [3.63, 3.8) is 0 Å². The Balaban J connectivity index is 2.19. The second-order valence-electron chi connectivity index (χ2n) is 6.19. The summed E-state index contributed by atoms with van der Waals surface area (Å²) >= 11 is 2.94. The van der Waals surface area contributed by atoms with E-state index in [-0.39, 0.29) is 17.0 Å². The molecule has 3 aromatic rings. The number of nitrogen functional groups attached to an aromatic ring is 1. The number of thioether (sulfide) groups is 2. The first-order valence-electron chi connectivity index (χ1n) is 8.80. The Bertz CT molecular complexity index is 1080. The lowest BCUT2D eigenvalue weighted by atomic mass is 10.1. The van der Waals surface area contributed by atoms with Crippen molar-refractivity contribution in [1.29, 1.82) is 5.41 Å². The SMILES string of the molecule is COc1ccc(Cc2nc(SC)c(C(=N)N)c(=O)n2-c2ccc(SC)cc2)cc1. The van der Waals surface area contributed by atoms with E-state index in [0.29, 0.717) is 23.0 Å². The number of amidine groups is 1. The number of nitrogens with zero attached hydrogens (tertiary/aromatic N) is 2. The summed E-state index contributed by atoms with van der Waals surface area (Å²) in [5, 5.41) is 8.33. The molecular formula is C21H22N4O2S2. The molecule has 0 amide bonds. The van der Waals surface area contributed by atoms with Gasteiger partial charge in [0.25, 0.3) is 5.56 Å². The van der Waals surface area contributed by atoms with Crippen LogP contribution in [0.1, 0.15) is 17.0 Å². The van der Waals surface area contributed by atoms with E-state index in [1.807, 2.05) is 61.0 Å². The Morgan fingerprint density at radius 2 is 1.76 bits per heavy atom. The first kappa shape index (κ1) is 21.0. The summed E-state index contributed by atoms with van der Waals surface area (Å²) in [5.41, 5.74) is 7.20. The minimum absolute atomic E-state index is 0.130. The van der Waals surface area contributed by atoms with Crippen molar-refractivity contribution in [3.8, 4) is 11.4 Å². The first-order valence-corrected chi connectivity index (χ1v) is 11.2. The first-order chi connectivity index (χ1) is 14.0. The molecule has 0 aliphatic heterocycles. The van der Waals surface area contributed by atoms with Gasteiger partial charge in [-0.1, -0.05) is 12.1 Å². The number of nitrogens with two attached hydrogens (primary N) is 1. The van der Waals surface area contributed by atoms with Gasteiger partial charge >= 0.3 is 0 Å². The molecule has 1 heterocycles. The van der Waals surface area contributed by atoms with Gasteiger partial charge in [-0.05, 0) is 54.5 Å². The third-order valence-corrected chi connectivity index (χ3v) is 5.86. The molecule has 0 saturated heterocycles. The van der Waals surface area contributed by atoms with E-state index < -0.39 is 0 Å². The molecule has 0 atom stereocenters. The van der Waals surface area contributed by atoms with Gasteiger partial charge < -0.3 is 10.5 Å². The van der Waals surface area contributed by atoms with Crippen LogP contribution in [0.25, 0.3) is 5.69 Å². The highest BCUT2D eigenvalue weighted by molar-refractivity contribution is 7.98. The molecule has 0 radical (unpaired) electrons. The molecule has 150 valence electrons. The van der Waals surface area contributed by atoms with Gasteiger partial charge in [-0.2, -0.15) is 0 Å². The van der Waals surface area contributed by atoms with Crippen LogP contribution in [0.3, 0.4) is 0 Å². The minimum Gasteiger partial charge on any atom is -0.497 e. The molecule has 0 saturated carbocycles. The fourth-order valence-corrected chi connectivity index (χ4v) is 3.97. The van der Waals surface area contributed by atoms with Crippen LogP contribution in [0.4, 0.5) is 0 Å². The van der Waals surface area contributed by atoms with Crippen molar-refractivity contribution < 1.29 is 4.74 Å². The topological polar surface area (TPSA) is 94.0 Å². The predicted molar refractivity (Wildman–Crippen MR) is 120 cm³/mol. The largest absolute Gasteiger partial charge is 0.497 e. The van der Waals surface area contributed by atoms with Crippen molar-refractivity contribution in [2.24, 2.45) is 5.73 Å². The van der Waals surface area contributed by atoms with Crippen LogP contribution < -0.4 is 16.0 Å². The van der Waals surface area contributed by atoms with E-state index in [9.17, 15) is 4.79 Å². The Morgan fingerprint density at radius 1 is 1.10 bits per heavy atom. The van der Waals surface area contributed by atoms with E-state index >= 15 is 0 Å². The average Bonchev–Trinajstić information content (AvgIpc) is 2.74. The molecular weight excluding hydrogens is 404 g/mol. The molecule has 2 aromatic carbocycles. The van der Waals surface area contributed by atoms with Gasteiger partial charge in [0, 0.05) is 11.3 Å². The number of benzene rings is 2. The van der Waals surface area contributed by atoms with Crippen LogP contribution in [0.5, 0.6) is 5.75 Å². The van der Waals surface area contributed by atoms with Gasteiger partial charge in [-0.25, -0.2) is 4.98 Å². The maximum atomic E-state index is 13.3. The normalized spacial score (nSPS) is 10.7. The summed E-state index contributed by atoms with van der Waals surface area (Å²) in [6.45, 7) is 0. The number of hydrogen-bond donors (Lipinski definition) is 2. The zero-order chi connectivity index (χ0) is 21.0. The van der Waals surface area contributed by atoms with Crippen molar-refractivity contribution in [2.45, 2.75) is 16.3 Å². The standard InChI is InChI=1S/C21H22N4O2S2/c1-27-15-8-4-13(5-9-15)12-17-24-20(29-3)18(19(22)23)21(26)25(17)14-6-10-16(28-2)11-7-14/h4-11H,12H2,1-3H3,(H3,22,23). The van der Waals surface area contributed by atoms with Crippen molar-refractivity contribution in [3.05, 3.63) is 75.8 Å². The van der Waals surface area contributed by atoms with Gasteiger partial charge in [0.15, 0.2) is 0 Å². The van der Waals surface area contributed by atoms with E-state index in [1.54, 1.807) is 23.4 Å². The smallest absolute Gasteiger partial charge is 0.270 e. The van der Waals surface area contributed by atoms with E-state index in [4.69, 9.17) is 20.9 Å². The number of ether oxygens (including phenoxy) is 1. The number of rotatable bonds is 7. The fraction of sp³-hybridized carbons (Fsp3) is 0.190. The Labute approximate surface area is 178 Å². The average molecular weight is 427 g/mol. The molecule has 29 heavy (non-hydrogen) atoms. The van der Waals surface area contributed by atoms with Crippen molar-refractivity contribution in [2.75, 3.05) is 19.6 Å². The summed E-state index contributed by atoms with van der Waals surface area (Å²) in [7, 11) is 1.62. The zero-order valence-corrected chi connectivity index (χ0v) is 18.1. The van der Waals surface area contributed by atoms with E-state index in [1.165, 1.54) is 11.8 Å². The van der Waals surface area contributed by atoms with E-state index in [0.717, 1.165) is 16.2 Å². The van der Waals surface area contributed by atoms with Crippen molar-refractivity contribution >= 4 is 29.4 Å². The summed E-state index contributed by atoms with van der Waals surface area (Å²) in [4.78, 5) is 19.1. The lowest BCUT2D eigenvalue weighted by Gasteiger charge is -2.16. The summed E-state index contributed by atoms with van der Waals surface area (Å²) in [5.74, 6) is 1.08. The number of nitrogens with one attached hydrogen (secondary N) is 1. The molecule has 0 bridgehead atoms. The lowest BCUT2D eigenvalue weighted by Crippen LogP contribution is -2.33. The monoisotopic (exact) mass is 426 g/mol. The molecule has 6 nitrogen and oxygen atoms in total. The minimum atomic E-state index is -0.336. The Kier molecular flexibility index (Phi) is 6.66. The molecule has 0 spiro atoms. The Morgan fingerprint density at radius 3 is 2.28 bits per heavy atom. The molecule has 3 N–H and O–H groups in total. The summed E-state index contributed by atoms with van der Waals surface area (Å²) in [6, 6.07) is 15.3. The maximum Gasteiger partial charge on any atom is 0.270 e. The number of aromatic nitrogens is 2. The van der Waals surface area contributed by atoms with E-state index in [2.05, 4.69) is 0 Å². The highest BCUT2D eigenvalue weighted by Crippen LogP contribution is 2.22. The summed E-state index contributed by atoms with van der Waals surface area (Å²) < 4.78 is 6.76. The van der Waals surface area contributed by atoms with Crippen LogP contribution in [-0.2, 0) is 6.42 Å². The zero-order valence-electron chi connectivity index (χ0n) is 16.4. The summed E-state index contributed by atoms with van der Waals surface area (Å²) in [6.07, 6.45) is 4.27. The second kappa shape index (κ2) is 9.19. The van der Waals surface area contributed by atoms with Crippen LogP contribution >= 0.6 is 23.5 Å². The van der Waals surface area contributed by atoms with Gasteiger partial charge in [0.2, 0.25) is 0 Å². The number of hydrogen-bond acceptors (Lipinski definition) is 6. The third kappa shape index (κ3) is 4.49. The lowest BCUT2D eigenvalue weighted by molar-refractivity contribution is 0.414. The molecule has 3 rings (SSSR count). The fourth-order valence-electron chi connectivity index (χ4n) is 2.96. The Hall–Kier alpha value is -2.71. The molecule has 0 unspecified atom stereocenters. The second-order valence-corrected chi connectivity index (χ2v) is 7.86. The van der Waals surface area contributed by atoms with Crippen LogP contribution in [0.15, 0.2) is 63.2 Å². The van der Waals surface area contributed by atoms with Gasteiger partial charge in [-0.15, -0.1) is 23.5 Å². The van der Waals surface area contributed by atoms with Crippen LogP contribution in [0, 0.1) is 5.41 Å². The quantitative estimate of drug-likeness (QED) is 0.260. The highest BCUT2D eigenvalue weighted by Gasteiger charge is 2.19. The third-order valence-electron chi connectivity index (χ3n) is 4.43. The van der Waals surface area contributed by atoms with Crippen LogP contribution in [0.2, 0.25) is 0 Å². The highest BCUT2D eigenvalue weighted by atomic mass is 32.2. The van der Waals surface area contributed by atoms with Crippen LogP contribution in [-0.4, -0.2) is 35.0 Å². The molecule has 8 heteroatoms. The van der Waals surface area contributed by atoms with Gasteiger partial charge in [-0.3, -0.25) is 14.8 Å². The molecule has 1 aromatic heterocycles. The predicted octanol–water partition coefficient (Wildman–Crippen LogP) is 3.56. The van der Waals surface area contributed by atoms with Gasteiger partial charge in [0.05, 0.1) is 12.8 Å². The van der Waals surface area contributed by atoms with Gasteiger partial charge in [0.1, 0.15) is 28.0 Å². The number of methoxy groups -OCH3 is 1. The van der Waals surface area contributed by atoms with Crippen molar-refractivity contribution in [1.82, 2.24) is 9.55 Å². The molecule has 0 aliphatic carbocycles.